The van der Waals surface area contributed by atoms with E-state index < -0.39 is 26.2 Å². The molecule has 148 valence electrons. The first-order valence-corrected chi connectivity index (χ1v) is 12.0. The minimum absolute atomic E-state index is 0.0362. The van der Waals surface area contributed by atoms with Crippen molar-refractivity contribution in [2.24, 2.45) is 0 Å². The molecule has 1 fully saturated rings. The smallest absolute Gasteiger partial charge is 0.373 e. The Hall–Kier alpha value is -1.31. The van der Waals surface area contributed by atoms with Gasteiger partial charge in [0.25, 0.3) is 0 Å². The normalized spacial score (nSPS) is 25.8. The minimum Gasteiger partial charge on any atom is -0.544 e. The summed E-state index contributed by atoms with van der Waals surface area (Å²) in [5.41, 5.74) is 0. The molecule has 0 saturated carbocycles. The van der Waals surface area contributed by atoms with Gasteiger partial charge in [-0.3, -0.25) is 0 Å². The molecule has 1 saturated heterocycles. The summed E-state index contributed by atoms with van der Waals surface area (Å²) >= 11 is 0. The van der Waals surface area contributed by atoms with Crippen molar-refractivity contribution in [3.63, 3.8) is 0 Å². The molecule has 2 heterocycles. The molecule has 0 bridgehead atoms. The number of allylic oxidation sites excluding steroid dienone is 1. The number of hydrogen-bond acceptors (Lipinski definition) is 6. The van der Waals surface area contributed by atoms with Crippen molar-refractivity contribution >= 4 is 14.3 Å². The fourth-order valence-electron chi connectivity index (χ4n) is 2.43. The topological polar surface area (TPSA) is 63.2 Å². The van der Waals surface area contributed by atoms with Crippen LogP contribution in [-0.4, -0.2) is 45.5 Å². The van der Waals surface area contributed by atoms with E-state index in [1.165, 1.54) is 0 Å². The van der Waals surface area contributed by atoms with Crippen molar-refractivity contribution in [1.82, 2.24) is 0 Å². The maximum Gasteiger partial charge on any atom is 0.373 e. The second-order valence-electron chi connectivity index (χ2n) is 8.61. The third-order valence-corrected chi connectivity index (χ3v) is 9.28. The van der Waals surface area contributed by atoms with Crippen molar-refractivity contribution in [2.45, 2.75) is 77.7 Å². The quantitative estimate of drug-likeness (QED) is 0.529. The van der Waals surface area contributed by atoms with E-state index in [9.17, 15) is 4.79 Å². The largest absolute Gasteiger partial charge is 0.544 e. The minimum atomic E-state index is -2.07. The van der Waals surface area contributed by atoms with Gasteiger partial charge in [0.1, 0.15) is 18.0 Å². The first-order chi connectivity index (χ1) is 11.8. The monoisotopic (exact) mass is 384 g/mol. The standard InChI is InChI=1S/C19H32O6Si/c1-9-21-17(20)15-11-13(25-26(7,8)18(2,3)4)10-14(23-15)16-12-22-19(5,6)24-16/h10-11,14,16H,9,12H2,1-8H3/t14-,16+/m0/s1. The molecule has 26 heavy (non-hydrogen) atoms. The van der Waals surface area contributed by atoms with Crippen LogP contribution in [0.2, 0.25) is 18.1 Å². The predicted molar refractivity (Wildman–Crippen MR) is 101 cm³/mol. The van der Waals surface area contributed by atoms with Gasteiger partial charge in [0, 0.05) is 6.08 Å². The lowest BCUT2D eigenvalue weighted by molar-refractivity contribution is -0.154. The molecule has 0 amide bonds. The van der Waals surface area contributed by atoms with Crippen LogP contribution < -0.4 is 0 Å². The lowest BCUT2D eigenvalue weighted by Gasteiger charge is -2.38. The maximum absolute atomic E-state index is 12.2. The average Bonchev–Trinajstić information content (AvgIpc) is 2.86. The highest BCUT2D eigenvalue weighted by Crippen LogP contribution is 2.39. The van der Waals surface area contributed by atoms with Gasteiger partial charge in [-0.15, -0.1) is 0 Å². The zero-order valence-corrected chi connectivity index (χ0v) is 18.2. The average molecular weight is 385 g/mol. The number of rotatable bonds is 5. The second kappa shape index (κ2) is 7.36. The van der Waals surface area contributed by atoms with Crippen LogP contribution in [0.15, 0.2) is 23.7 Å². The van der Waals surface area contributed by atoms with Gasteiger partial charge in [0.05, 0.1) is 13.2 Å². The van der Waals surface area contributed by atoms with Crippen molar-refractivity contribution in [3.8, 4) is 0 Å². The summed E-state index contributed by atoms with van der Waals surface area (Å²) in [5.74, 6) is -0.404. The Balaban J connectivity index is 2.27. The highest BCUT2D eigenvalue weighted by atomic mass is 28.4. The van der Waals surface area contributed by atoms with Crippen molar-refractivity contribution in [1.29, 1.82) is 0 Å². The van der Waals surface area contributed by atoms with Gasteiger partial charge in [-0.25, -0.2) is 4.79 Å². The molecule has 2 aliphatic heterocycles. The summed E-state index contributed by atoms with van der Waals surface area (Å²) in [5, 5.41) is 0.0362. The number of carbonyl (C=O) groups excluding carboxylic acids is 1. The van der Waals surface area contributed by atoms with E-state index in [1.54, 1.807) is 13.0 Å². The Bertz CT molecular complexity index is 600. The second-order valence-corrected chi connectivity index (χ2v) is 13.3. The molecular weight excluding hydrogens is 352 g/mol. The number of hydrogen-bond donors (Lipinski definition) is 0. The first-order valence-electron chi connectivity index (χ1n) is 9.13. The van der Waals surface area contributed by atoms with Gasteiger partial charge in [-0.1, -0.05) is 20.8 Å². The van der Waals surface area contributed by atoms with E-state index in [2.05, 4.69) is 33.9 Å². The Morgan fingerprint density at radius 1 is 1.35 bits per heavy atom. The molecule has 0 N–H and O–H groups in total. The molecule has 0 unspecified atom stereocenters. The van der Waals surface area contributed by atoms with Crippen LogP contribution in [0, 0.1) is 0 Å². The lowest BCUT2D eigenvalue weighted by Crippen LogP contribution is -2.41. The van der Waals surface area contributed by atoms with Crippen molar-refractivity contribution in [2.75, 3.05) is 13.2 Å². The molecule has 6 nitrogen and oxygen atoms in total. The van der Waals surface area contributed by atoms with E-state index in [4.69, 9.17) is 23.4 Å². The van der Waals surface area contributed by atoms with Gasteiger partial charge in [-0.05, 0) is 45.0 Å². The first kappa shape index (κ1) is 21.0. The third kappa shape index (κ3) is 4.90. The highest BCUT2D eigenvalue weighted by molar-refractivity contribution is 6.74. The Labute approximate surface area is 157 Å². The van der Waals surface area contributed by atoms with Gasteiger partial charge in [0.15, 0.2) is 5.79 Å². The molecule has 0 aliphatic carbocycles. The van der Waals surface area contributed by atoms with Gasteiger partial charge >= 0.3 is 5.97 Å². The molecule has 0 spiro atoms. The van der Waals surface area contributed by atoms with Crippen molar-refractivity contribution in [3.05, 3.63) is 23.7 Å². The zero-order valence-electron chi connectivity index (χ0n) is 17.2. The fraction of sp³-hybridized carbons (Fsp3) is 0.737. The molecular formula is C19H32O6Si. The number of ether oxygens (including phenoxy) is 4. The van der Waals surface area contributed by atoms with Crippen LogP contribution in [0.1, 0.15) is 41.5 Å². The molecule has 2 rings (SSSR count). The van der Waals surface area contributed by atoms with Gasteiger partial charge < -0.3 is 23.4 Å². The predicted octanol–water partition coefficient (Wildman–Crippen LogP) is 3.89. The van der Waals surface area contributed by atoms with E-state index in [0.29, 0.717) is 12.4 Å². The molecule has 7 heteroatoms. The molecule has 2 atom stereocenters. The molecule has 0 aromatic heterocycles. The summed E-state index contributed by atoms with van der Waals surface area (Å²) in [6, 6.07) is 0. The van der Waals surface area contributed by atoms with Gasteiger partial charge in [0.2, 0.25) is 14.1 Å². The van der Waals surface area contributed by atoms with Crippen LogP contribution >= 0.6 is 0 Å². The molecule has 0 radical (unpaired) electrons. The molecule has 0 aromatic rings. The molecule has 0 aromatic carbocycles. The van der Waals surface area contributed by atoms with Crippen LogP contribution in [-0.2, 0) is 28.2 Å². The number of carbonyl (C=O) groups is 1. The number of esters is 1. The van der Waals surface area contributed by atoms with Crippen LogP contribution in [0.5, 0.6) is 0 Å². The third-order valence-electron chi connectivity index (χ3n) is 4.92. The zero-order chi connectivity index (χ0) is 19.8. The van der Waals surface area contributed by atoms with E-state index in [-0.39, 0.29) is 23.5 Å². The van der Waals surface area contributed by atoms with Gasteiger partial charge in [-0.2, -0.15) is 0 Å². The Morgan fingerprint density at radius 3 is 2.50 bits per heavy atom. The van der Waals surface area contributed by atoms with Crippen molar-refractivity contribution < 1.29 is 28.2 Å². The summed E-state index contributed by atoms with van der Waals surface area (Å²) in [4.78, 5) is 12.2. The Kier molecular flexibility index (Phi) is 5.95. The van der Waals surface area contributed by atoms with Crippen LogP contribution in [0.3, 0.4) is 0 Å². The van der Waals surface area contributed by atoms with Crippen LogP contribution in [0.25, 0.3) is 0 Å². The highest BCUT2D eigenvalue weighted by Gasteiger charge is 2.42. The maximum atomic E-state index is 12.2. The summed E-state index contributed by atoms with van der Waals surface area (Å²) in [6.45, 7) is 17.0. The fourth-order valence-corrected chi connectivity index (χ4v) is 3.46. The molecule has 2 aliphatic rings. The Morgan fingerprint density at radius 2 is 2.00 bits per heavy atom. The summed E-state index contributed by atoms with van der Waals surface area (Å²) in [7, 11) is -2.07. The summed E-state index contributed by atoms with van der Waals surface area (Å²) < 4.78 is 28.9. The SMILES string of the molecule is CCOC(=O)C1=CC(O[Si](C)(C)C(C)(C)C)=C[C@@H]([C@H]2COC(C)(C)O2)O1. The van der Waals surface area contributed by atoms with E-state index in [0.717, 1.165) is 0 Å². The van der Waals surface area contributed by atoms with Crippen LogP contribution in [0.4, 0.5) is 0 Å². The lowest BCUT2D eigenvalue weighted by atomic mass is 10.1. The van der Waals surface area contributed by atoms with E-state index in [1.807, 2.05) is 19.9 Å². The summed E-state index contributed by atoms with van der Waals surface area (Å²) in [6.07, 6.45) is 2.70. The van der Waals surface area contributed by atoms with E-state index >= 15 is 0 Å².